The Morgan fingerprint density at radius 1 is 1.04 bits per heavy atom. The topological polar surface area (TPSA) is 94.9 Å². The molecule has 1 aliphatic carbocycles. The number of hydrogen-bond donors (Lipinski definition) is 2. The molecule has 2 N–H and O–H groups in total. The molecule has 2 amide bonds. The van der Waals surface area contributed by atoms with Gasteiger partial charge in [-0.25, -0.2) is 0 Å². The summed E-state index contributed by atoms with van der Waals surface area (Å²) in [4.78, 5) is 28.8. The number of anilines is 1. The van der Waals surface area contributed by atoms with Crippen LogP contribution in [0.1, 0.15) is 58.5 Å². The number of nitriles is 1. The second-order valence-corrected chi connectivity index (χ2v) is 6.38. The molecular formula is C20H20N4O2. The van der Waals surface area contributed by atoms with Crippen molar-refractivity contribution >= 4 is 17.5 Å². The molecule has 26 heavy (non-hydrogen) atoms. The van der Waals surface area contributed by atoms with Gasteiger partial charge in [0.15, 0.2) is 0 Å². The van der Waals surface area contributed by atoms with Crippen molar-refractivity contribution < 1.29 is 9.59 Å². The Labute approximate surface area is 152 Å². The third-order valence-corrected chi connectivity index (χ3v) is 4.47. The molecule has 6 heteroatoms. The average molecular weight is 348 g/mol. The molecule has 0 radical (unpaired) electrons. The van der Waals surface area contributed by atoms with Crippen molar-refractivity contribution in [2.24, 2.45) is 0 Å². The molecule has 1 heterocycles. The molecular weight excluding hydrogens is 328 g/mol. The first-order valence-corrected chi connectivity index (χ1v) is 8.74. The van der Waals surface area contributed by atoms with Gasteiger partial charge in [0, 0.05) is 23.5 Å². The summed E-state index contributed by atoms with van der Waals surface area (Å²) in [7, 11) is 0. The highest BCUT2D eigenvalue weighted by molar-refractivity contribution is 6.04. The zero-order chi connectivity index (χ0) is 18.4. The van der Waals surface area contributed by atoms with Crippen LogP contribution in [0.3, 0.4) is 0 Å². The van der Waals surface area contributed by atoms with Crippen LogP contribution in [-0.2, 0) is 0 Å². The smallest absolute Gasteiger partial charge is 0.274 e. The first kappa shape index (κ1) is 17.6. The lowest BCUT2D eigenvalue weighted by atomic mass is 9.95. The molecule has 1 saturated carbocycles. The zero-order valence-corrected chi connectivity index (χ0v) is 14.4. The van der Waals surface area contributed by atoms with E-state index in [0.717, 1.165) is 25.7 Å². The number of pyridine rings is 1. The van der Waals surface area contributed by atoms with E-state index in [0.29, 0.717) is 16.8 Å². The lowest BCUT2D eigenvalue weighted by Gasteiger charge is -2.22. The number of aromatic nitrogens is 1. The number of amides is 2. The molecule has 1 aromatic heterocycles. The van der Waals surface area contributed by atoms with Crippen molar-refractivity contribution in [1.29, 1.82) is 5.26 Å². The summed E-state index contributed by atoms with van der Waals surface area (Å²) in [6, 6.07) is 11.9. The Morgan fingerprint density at radius 2 is 1.77 bits per heavy atom. The summed E-state index contributed by atoms with van der Waals surface area (Å²) in [6.07, 6.45) is 6.97. The van der Waals surface area contributed by atoms with Crippen LogP contribution >= 0.6 is 0 Å². The van der Waals surface area contributed by atoms with Crippen LogP contribution in [0.15, 0.2) is 42.6 Å². The van der Waals surface area contributed by atoms with E-state index < -0.39 is 5.91 Å². The van der Waals surface area contributed by atoms with Gasteiger partial charge in [-0.3, -0.25) is 14.6 Å². The van der Waals surface area contributed by atoms with Crippen LogP contribution in [0.2, 0.25) is 0 Å². The van der Waals surface area contributed by atoms with Gasteiger partial charge in [0.2, 0.25) is 0 Å². The van der Waals surface area contributed by atoms with Crippen LogP contribution in [-0.4, -0.2) is 22.8 Å². The predicted octanol–water partition coefficient (Wildman–Crippen LogP) is 3.27. The molecule has 0 saturated heterocycles. The number of rotatable bonds is 4. The number of benzene rings is 1. The first-order valence-electron chi connectivity index (χ1n) is 8.74. The SMILES string of the molecule is N#Cc1ccc(NC(=O)c2cc(C(=O)NC3CCCCC3)ccn2)cc1. The van der Waals surface area contributed by atoms with Crippen molar-refractivity contribution in [1.82, 2.24) is 10.3 Å². The van der Waals surface area contributed by atoms with Gasteiger partial charge in [-0.1, -0.05) is 19.3 Å². The number of carbonyl (C=O) groups excluding carboxylic acids is 2. The Balaban J connectivity index is 1.66. The van der Waals surface area contributed by atoms with Crippen molar-refractivity contribution in [3.05, 3.63) is 59.4 Å². The highest BCUT2D eigenvalue weighted by Crippen LogP contribution is 2.18. The van der Waals surface area contributed by atoms with E-state index in [-0.39, 0.29) is 17.6 Å². The fourth-order valence-electron chi connectivity index (χ4n) is 3.03. The van der Waals surface area contributed by atoms with Crippen LogP contribution in [0.4, 0.5) is 5.69 Å². The molecule has 6 nitrogen and oxygen atoms in total. The normalized spacial score (nSPS) is 14.3. The summed E-state index contributed by atoms with van der Waals surface area (Å²) in [5, 5.41) is 14.6. The lowest BCUT2D eigenvalue weighted by Crippen LogP contribution is -2.36. The predicted molar refractivity (Wildman–Crippen MR) is 97.7 cm³/mol. The quantitative estimate of drug-likeness (QED) is 0.886. The van der Waals surface area contributed by atoms with E-state index in [9.17, 15) is 9.59 Å². The molecule has 0 atom stereocenters. The molecule has 1 fully saturated rings. The largest absolute Gasteiger partial charge is 0.349 e. The summed E-state index contributed by atoms with van der Waals surface area (Å²) in [5.41, 5.74) is 1.68. The van der Waals surface area contributed by atoms with Crippen molar-refractivity contribution in [3.8, 4) is 6.07 Å². The van der Waals surface area contributed by atoms with E-state index in [1.54, 1.807) is 30.3 Å². The number of nitrogens with one attached hydrogen (secondary N) is 2. The van der Waals surface area contributed by atoms with Gasteiger partial charge in [0.05, 0.1) is 11.6 Å². The highest BCUT2D eigenvalue weighted by atomic mass is 16.2. The third kappa shape index (κ3) is 4.45. The van der Waals surface area contributed by atoms with Crippen LogP contribution in [0, 0.1) is 11.3 Å². The van der Waals surface area contributed by atoms with Crippen LogP contribution in [0.25, 0.3) is 0 Å². The van der Waals surface area contributed by atoms with E-state index >= 15 is 0 Å². The van der Waals surface area contributed by atoms with Crippen molar-refractivity contribution in [3.63, 3.8) is 0 Å². The van der Waals surface area contributed by atoms with Gasteiger partial charge in [-0.15, -0.1) is 0 Å². The van der Waals surface area contributed by atoms with Gasteiger partial charge >= 0.3 is 0 Å². The fraction of sp³-hybridized carbons (Fsp3) is 0.300. The molecule has 3 rings (SSSR count). The summed E-state index contributed by atoms with van der Waals surface area (Å²) in [5.74, 6) is -0.575. The molecule has 0 bridgehead atoms. The molecule has 2 aromatic rings. The molecule has 0 aliphatic heterocycles. The van der Waals surface area contributed by atoms with Crippen molar-refractivity contribution in [2.75, 3.05) is 5.32 Å². The maximum atomic E-state index is 12.4. The number of nitrogens with zero attached hydrogens (tertiary/aromatic N) is 2. The number of hydrogen-bond acceptors (Lipinski definition) is 4. The van der Waals surface area contributed by atoms with Crippen molar-refractivity contribution in [2.45, 2.75) is 38.1 Å². The third-order valence-electron chi connectivity index (χ3n) is 4.47. The standard InChI is InChI=1S/C20H20N4O2/c21-13-14-6-8-17(9-7-14)24-20(26)18-12-15(10-11-22-18)19(25)23-16-4-2-1-3-5-16/h6-12,16H,1-5H2,(H,23,25)(H,24,26). The van der Waals surface area contributed by atoms with Crippen LogP contribution < -0.4 is 10.6 Å². The monoisotopic (exact) mass is 348 g/mol. The zero-order valence-electron chi connectivity index (χ0n) is 14.4. The molecule has 132 valence electrons. The lowest BCUT2D eigenvalue weighted by molar-refractivity contribution is 0.0927. The minimum Gasteiger partial charge on any atom is -0.349 e. The van der Waals surface area contributed by atoms with Gasteiger partial charge in [-0.2, -0.15) is 5.26 Å². The maximum Gasteiger partial charge on any atom is 0.274 e. The summed E-state index contributed by atoms with van der Waals surface area (Å²) >= 11 is 0. The Bertz CT molecular complexity index is 834. The fourth-order valence-corrected chi connectivity index (χ4v) is 3.03. The molecule has 1 aromatic carbocycles. The van der Waals surface area contributed by atoms with Gasteiger partial charge in [0.25, 0.3) is 11.8 Å². The van der Waals surface area contributed by atoms with E-state index in [4.69, 9.17) is 5.26 Å². The van der Waals surface area contributed by atoms with E-state index in [2.05, 4.69) is 15.6 Å². The minimum atomic E-state index is -0.401. The second-order valence-electron chi connectivity index (χ2n) is 6.38. The molecule has 0 unspecified atom stereocenters. The summed E-state index contributed by atoms with van der Waals surface area (Å²) < 4.78 is 0. The maximum absolute atomic E-state index is 12.4. The first-order chi connectivity index (χ1) is 12.7. The molecule has 1 aliphatic rings. The highest BCUT2D eigenvalue weighted by Gasteiger charge is 2.18. The minimum absolute atomic E-state index is 0.172. The van der Waals surface area contributed by atoms with Gasteiger partial charge in [-0.05, 0) is 49.2 Å². The number of carbonyl (C=O) groups is 2. The average Bonchev–Trinajstić information content (AvgIpc) is 2.69. The van der Waals surface area contributed by atoms with Gasteiger partial charge < -0.3 is 10.6 Å². The van der Waals surface area contributed by atoms with Crippen LogP contribution in [0.5, 0.6) is 0 Å². The summed E-state index contributed by atoms with van der Waals surface area (Å²) in [6.45, 7) is 0. The Kier molecular flexibility index (Phi) is 5.59. The Hall–Kier alpha value is -3.20. The second kappa shape index (κ2) is 8.26. The van der Waals surface area contributed by atoms with E-state index in [1.165, 1.54) is 18.7 Å². The van der Waals surface area contributed by atoms with E-state index in [1.807, 2.05) is 6.07 Å². The Morgan fingerprint density at radius 3 is 2.46 bits per heavy atom. The molecule has 0 spiro atoms. The van der Waals surface area contributed by atoms with Gasteiger partial charge in [0.1, 0.15) is 5.69 Å².